The Bertz CT molecular complexity index is 1040. The van der Waals surface area contributed by atoms with Crippen LogP contribution in [0, 0.1) is 0 Å². The smallest absolute Gasteiger partial charge is 0.320 e. The first kappa shape index (κ1) is 18.0. The molecule has 8 heteroatoms. The van der Waals surface area contributed by atoms with Gasteiger partial charge in [0, 0.05) is 18.4 Å². The highest BCUT2D eigenvalue weighted by atomic mass is 19.4. The fourth-order valence-electron chi connectivity index (χ4n) is 3.18. The van der Waals surface area contributed by atoms with Crippen LogP contribution in [0.5, 0.6) is 0 Å². The van der Waals surface area contributed by atoms with Gasteiger partial charge < -0.3 is 10.2 Å². The average molecular weight is 384 g/mol. The highest BCUT2D eigenvalue weighted by Crippen LogP contribution is 2.35. The second-order valence-corrected chi connectivity index (χ2v) is 6.27. The summed E-state index contributed by atoms with van der Waals surface area (Å²) in [4.78, 5) is 22.9. The van der Waals surface area contributed by atoms with Crippen molar-refractivity contribution in [3.63, 3.8) is 0 Å². The van der Waals surface area contributed by atoms with Crippen molar-refractivity contribution in [2.24, 2.45) is 0 Å². The zero-order chi connectivity index (χ0) is 19.7. The molecule has 142 valence electrons. The average Bonchev–Trinajstić information content (AvgIpc) is 3.12. The van der Waals surface area contributed by atoms with Crippen LogP contribution in [0.2, 0.25) is 0 Å². The van der Waals surface area contributed by atoms with Crippen LogP contribution >= 0.6 is 0 Å². The zero-order valence-electron chi connectivity index (χ0n) is 14.6. The van der Waals surface area contributed by atoms with Gasteiger partial charge in [0.1, 0.15) is 5.69 Å². The minimum absolute atomic E-state index is 0.00800. The van der Waals surface area contributed by atoms with E-state index in [0.29, 0.717) is 12.5 Å². The van der Waals surface area contributed by atoms with Gasteiger partial charge in [0.05, 0.1) is 11.3 Å². The lowest BCUT2D eigenvalue weighted by molar-refractivity contribution is -0.136. The molecule has 0 radical (unpaired) electrons. The summed E-state index contributed by atoms with van der Waals surface area (Å²) in [6.07, 6.45) is -2.32. The lowest BCUT2D eigenvalue weighted by atomic mass is 10.1. The SMILES string of the molecule is O=C(Nc1ccccc1C(F)(F)F)c1ccnc(N2CCc3ccccc32)n1. The van der Waals surface area contributed by atoms with E-state index < -0.39 is 17.6 Å². The molecule has 1 aliphatic heterocycles. The Morgan fingerprint density at radius 3 is 2.61 bits per heavy atom. The Balaban J connectivity index is 1.60. The third-order valence-electron chi connectivity index (χ3n) is 4.48. The number of anilines is 3. The number of para-hydroxylation sites is 2. The Labute approximate surface area is 158 Å². The predicted molar refractivity (Wildman–Crippen MR) is 98.6 cm³/mol. The summed E-state index contributed by atoms with van der Waals surface area (Å²) < 4.78 is 39.4. The molecule has 0 saturated heterocycles. The van der Waals surface area contributed by atoms with Crippen molar-refractivity contribution in [1.29, 1.82) is 0 Å². The molecule has 0 fully saturated rings. The van der Waals surface area contributed by atoms with E-state index in [4.69, 9.17) is 0 Å². The summed E-state index contributed by atoms with van der Waals surface area (Å²) in [6, 6.07) is 14.0. The molecule has 1 N–H and O–H groups in total. The van der Waals surface area contributed by atoms with Gasteiger partial charge >= 0.3 is 6.18 Å². The number of alkyl halides is 3. The van der Waals surface area contributed by atoms with Gasteiger partial charge in [-0.1, -0.05) is 30.3 Å². The lowest BCUT2D eigenvalue weighted by Crippen LogP contribution is -2.21. The summed E-state index contributed by atoms with van der Waals surface area (Å²) in [6.45, 7) is 0.668. The number of carbonyl (C=O) groups excluding carboxylic acids is 1. The molecule has 1 aromatic heterocycles. The third-order valence-corrected chi connectivity index (χ3v) is 4.48. The van der Waals surface area contributed by atoms with Crippen LogP contribution in [0.1, 0.15) is 21.6 Å². The van der Waals surface area contributed by atoms with Crippen molar-refractivity contribution in [2.45, 2.75) is 12.6 Å². The Kier molecular flexibility index (Phi) is 4.46. The first-order valence-electron chi connectivity index (χ1n) is 8.59. The Morgan fingerprint density at radius 2 is 1.79 bits per heavy atom. The van der Waals surface area contributed by atoms with E-state index in [1.54, 1.807) is 0 Å². The maximum absolute atomic E-state index is 13.1. The number of benzene rings is 2. The molecule has 1 aliphatic rings. The van der Waals surface area contributed by atoms with E-state index in [1.165, 1.54) is 30.5 Å². The normalized spacial score (nSPS) is 13.3. The molecule has 0 aliphatic carbocycles. The van der Waals surface area contributed by atoms with E-state index in [-0.39, 0.29) is 11.4 Å². The highest BCUT2D eigenvalue weighted by Gasteiger charge is 2.33. The predicted octanol–water partition coefficient (Wildman–Crippen LogP) is 4.44. The first-order chi connectivity index (χ1) is 13.4. The van der Waals surface area contributed by atoms with Crippen molar-refractivity contribution in [3.8, 4) is 0 Å². The molecule has 4 rings (SSSR count). The van der Waals surface area contributed by atoms with Crippen LogP contribution in [-0.4, -0.2) is 22.4 Å². The van der Waals surface area contributed by atoms with E-state index >= 15 is 0 Å². The van der Waals surface area contributed by atoms with Gasteiger partial charge in [-0.05, 0) is 36.2 Å². The number of hydrogen-bond acceptors (Lipinski definition) is 4. The summed E-state index contributed by atoms with van der Waals surface area (Å²) in [5.74, 6) is -0.394. The van der Waals surface area contributed by atoms with Gasteiger partial charge in [-0.25, -0.2) is 9.97 Å². The lowest BCUT2D eigenvalue weighted by Gasteiger charge is -2.17. The molecule has 0 spiro atoms. The summed E-state index contributed by atoms with van der Waals surface area (Å²) in [5, 5.41) is 2.30. The fourth-order valence-corrected chi connectivity index (χ4v) is 3.18. The topological polar surface area (TPSA) is 58.1 Å². The number of nitrogens with zero attached hydrogens (tertiary/aromatic N) is 3. The molecule has 1 amide bonds. The number of halogens is 3. The summed E-state index contributed by atoms with van der Waals surface area (Å²) in [7, 11) is 0. The number of fused-ring (bicyclic) bond motifs is 1. The minimum Gasteiger partial charge on any atom is -0.320 e. The number of aromatic nitrogens is 2. The Hall–Kier alpha value is -3.42. The third kappa shape index (κ3) is 3.40. The van der Waals surface area contributed by atoms with E-state index in [0.717, 1.165) is 23.7 Å². The number of nitrogens with one attached hydrogen (secondary N) is 1. The van der Waals surface area contributed by atoms with Gasteiger partial charge in [-0.2, -0.15) is 13.2 Å². The fraction of sp³-hybridized carbons (Fsp3) is 0.150. The second-order valence-electron chi connectivity index (χ2n) is 6.27. The molecule has 0 unspecified atom stereocenters. The van der Waals surface area contributed by atoms with Crippen LogP contribution in [0.15, 0.2) is 60.8 Å². The first-order valence-corrected chi connectivity index (χ1v) is 8.59. The van der Waals surface area contributed by atoms with Crippen LogP contribution in [0.3, 0.4) is 0 Å². The molecule has 28 heavy (non-hydrogen) atoms. The molecule has 0 bridgehead atoms. The van der Waals surface area contributed by atoms with E-state index in [2.05, 4.69) is 15.3 Å². The molecule has 0 saturated carbocycles. The monoisotopic (exact) mass is 384 g/mol. The number of amides is 1. The summed E-state index contributed by atoms with van der Waals surface area (Å²) in [5.41, 5.74) is 0.881. The van der Waals surface area contributed by atoms with Gasteiger partial charge in [0.25, 0.3) is 5.91 Å². The van der Waals surface area contributed by atoms with E-state index in [1.807, 2.05) is 29.2 Å². The minimum atomic E-state index is -4.57. The zero-order valence-corrected chi connectivity index (χ0v) is 14.6. The van der Waals surface area contributed by atoms with Crippen molar-refractivity contribution in [1.82, 2.24) is 9.97 Å². The molecule has 5 nitrogen and oxygen atoms in total. The van der Waals surface area contributed by atoms with Crippen LogP contribution < -0.4 is 10.2 Å². The van der Waals surface area contributed by atoms with Crippen LogP contribution in [-0.2, 0) is 12.6 Å². The van der Waals surface area contributed by atoms with Gasteiger partial charge in [-0.3, -0.25) is 4.79 Å². The van der Waals surface area contributed by atoms with Crippen molar-refractivity contribution in [2.75, 3.05) is 16.8 Å². The Morgan fingerprint density at radius 1 is 1.04 bits per heavy atom. The summed E-state index contributed by atoms with van der Waals surface area (Å²) >= 11 is 0. The molecule has 2 aromatic carbocycles. The van der Waals surface area contributed by atoms with Gasteiger partial charge in [0.15, 0.2) is 0 Å². The molecular formula is C20H15F3N4O. The second kappa shape index (κ2) is 6.95. The molecular weight excluding hydrogens is 369 g/mol. The molecule has 0 atom stereocenters. The highest BCUT2D eigenvalue weighted by molar-refractivity contribution is 6.03. The largest absolute Gasteiger partial charge is 0.418 e. The van der Waals surface area contributed by atoms with Crippen molar-refractivity contribution < 1.29 is 18.0 Å². The van der Waals surface area contributed by atoms with Crippen LogP contribution in [0.25, 0.3) is 0 Å². The number of hydrogen-bond donors (Lipinski definition) is 1. The maximum atomic E-state index is 13.1. The number of carbonyl (C=O) groups is 1. The molecule has 2 heterocycles. The van der Waals surface area contributed by atoms with Gasteiger partial charge in [0.2, 0.25) is 5.95 Å². The van der Waals surface area contributed by atoms with Gasteiger partial charge in [-0.15, -0.1) is 0 Å². The van der Waals surface area contributed by atoms with Crippen molar-refractivity contribution >= 4 is 23.2 Å². The standard InChI is InChI=1S/C20H15F3N4O/c21-20(22,23)14-6-2-3-7-15(14)25-18(28)16-9-11-24-19(26-16)27-12-10-13-5-1-4-8-17(13)27/h1-9,11H,10,12H2,(H,25,28). The quantitative estimate of drug-likeness (QED) is 0.725. The molecule has 3 aromatic rings. The van der Waals surface area contributed by atoms with E-state index in [9.17, 15) is 18.0 Å². The number of rotatable bonds is 3. The van der Waals surface area contributed by atoms with Crippen LogP contribution in [0.4, 0.5) is 30.5 Å². The van der Waals surface area contributed by atoms with Crippen molar-refractivity contribution in [3.05, 3.63) is 77.6 Å². The maximum Gasteiger partial charge on any atom is 0.418 e.